The van der Waals surface area contributed by atoms with E-state index >= 15 is 0 Å². The number of thioether (sulfide) groups is 1. The first-order chi connectivity index (χ1) is 11.2. The summed E-state index contributed by atoms with van der Waals surface area (Å²) in [6, 6.07) is 3.08. The maximum Gasteiger partial charge on any atom is 0.193 e. The number of hydrogen-bond donors (Lipinski definition) is 2. The number of aromatic hydroxyl groups is 2. The molecule has 1 unspecified atom stereocenters. The Kier molecular flexibility index (Phi) is 11.1. The van der Waals surface area contributed by atoms with Crippen molar-refractivity contribution in [2.45, 2.75) is 89.9 Å². The third-order valence-corrected chi connectivity index (χ3v) is 5.96. The second-order valence-electron chi connectivity index (χ2n) is 6.37. The van der Waals surface area contributed by atoms with Crippen LogP contribution in [0.25, 0.3) is 0 Å². The van der Waals surface area contributed by atoms with E-state index in [1.165, 1.54) is 69.9 Å². The lowest BCUT2D eigenvalue weighted by Gasteiger charge is -2.15. The second kappa shape index (κ2) is 12.6. The zero-order valence-corrected chi connectivity index (χ0v) is 15.8. The van der Waals surface area contributed by atoms with Crippen LogP contribution in [-0.2, 0) is 6.54 Å². The van der Waals surface area contributed by atoms with E-state index in [0.29, 0.717) is 6.54 Å². The Balaban J connectivity index is 2.05. The average Bonchev–Trinajstić information content (AvgIpc) is 2.87. The quantitative estimate of drug-likeness (QED) is 0.411. The molecule has 4 heteroatoms. The van der Waals surface area contributed by atoms with Gasteiger partial charge in [-0.05, 0) is 25.0 Å². The van der Waals surface area contributed by atoms with Gasteiger partial charge in [-0.3, -0.25) is 4.57 Å². The molecule has 0 aliphatic rings. The molecule has 1 heterocycles. The van der Waals surface area contributed by atoms with Gasteiger partial charge in [0, 0.05) is 23.9 Å². The Morgan fingerprint density at radius 3 is 2.13 bits per heavy atom. The molecule has 2 N–H and O–H groups in total. The molecule has 1 rings (SSSR count). The Morgan fingerprint density at radius 2 is 1.52 bits per heavy atom. The van der Waals surface area contributed by atoms with Gasteiger partial charge in [-0.25, -0.2) is 0 Å². The van der Waals surface area contributed by atoms with Gasteiger partial charge >= 0.3 is 0 Å². The highest BCUT2D eigenvalue weighted by Gasteiger charge is 2.08. The van der Waals surface area contributed by atoms with Gasteiger partial charge < -0.3 is 10.2 Å². The summed E-state index contributed by atoms with van der Waals surface area (Å²) in [5, 5.41) is 20.0. The van der Waals surface area contributed by atoms with Crippen molar-refractivity contribution in [3.05, 3.63) is 12.1 Å². The molecule has 0 fully saturated rings. The van der Waals surface area contributed by atoms with Crippen LogP contribution in [0.4, 0.5) is 0 Å². The van der Waals surface area contributed by atoms with E-state index in [1.807, 2.05) is 0 Å². The average molecular weight is 342 g/mol. The lowest BCUT2D eigenvalue weighted by molar-refractivity contribution is 0.367. The maximum atomic E-state index is 9.60. The van der Waals surface area contributed by atoms with E-state index in [4.69, 9.17) is 0 Å². The Labute approximate surface area is 146 Å². The van der Waals surface area contributed by atoms with E-state index in [1.54, 1.807) is 4.57 Å². The SMILES string of the molecule is CCCCCCCCCC(CC)SCCCn1c(O)ccc1O. The third kappa shape index (κ3) is 8.59. The predicted molar refractivity (Wildman–Crippen MR) is 102 cm³/mol. The van der Waals surface area contributed by atoms with Crippen molar-refractivity contribution in [3.63, 3.8) is 0 Å². The molecule has 0 saturated carbocycles. The summed E-state index contributed by atoms with van der Waals surface area (Å²) in [6.45, 7) is 5.23. The molecule has 0 amide bonds. The van der Waals surface area contributed by atoms with Crippen LogP contribution in [0, 0.1) is 0 Å². The fourth-order valence-corrected chi connectivity index (χ4v) is 4.08. The minimum Gasteiger partial charge on any atom is -0.494 e. The van der Waals surface area contributed by atoms with E-state index < -0.39 is 0 Å². The van der Waals surface area contributed by atoms with Gasteiger partial charge in [-0.15, -0.1) is 0 Å². The first-order valence-corrected chi connectivity index (χ1v) is 10.4. The number of hydrogen-bond acceptors (Lipinski definition) is 3. The summed E-state index contributed by atoms with van der Waals surface area (Å²) in [4.78, 5) is 0. The van der Waals surface area contributed by atoms with Crippen LogP contribution in [0.5, 0.6) is 11.8 Å². The van der Waals surface area contributed by atoms with Crippen LogP contribution in [-0.4, -0.2) is 25.8 Å². The van der Waals surface area contributed by atoms with Gasteiger partial charge in [0.2, 0.25) is 0 Å². The molecule has 1 aromatic rings. The van der Waals surface area contributed by atoms with Crippen molar-refractivity contribution < 1.29 is 10.2 Å². The van der Waals surface area contributed by atoms with E-state index in [-0.39, 0.29) is 11.8 Å². The summed E-state index contributed by atoms with van der Waals surface area (Å²) < 4.78 is 1.57. The molecular formula is C19H35NO2S. The van der Waals surface area contributed by atoms with Crippen LogP contribution in [0.3, 0.4) is 0 Å². The van der Waals surface area contributed by atoms with Gasteiger partial charge in [0.1, 0.15) is 0 Å². The first-order valence-electron chi connectivity index (χ1n) is 9.38. The molecule has 0 spiro atoms. The highest BCUT2D eigenvalue weighted by atomic mass is 32.2. The van der Waals surface area contributed by atoms with Gasteiger partial charge in [0.15, 0.2) is 11.8 Å². The molecule has 3 nitrogen and oxygen atoms in total. The molecule has 0 bridgehead atoms. The summed E-state index contributed by atoms with van der Waals surface area (Å²) in [5.41, 5.74) is 0. The zero-order chi connectivity index (χ0) is 16.9. The molecule has 0 aliphatic carbocycles. The summed E-state index contributed by atoms with van der Waals surface area (Å²) in [5.74, 6) is 1.40. The van der Waals surface area contributed by atoms with Crippen molar-refractivity contribution >= 4 is 11.8 Å². The highest BCUT2D eigenvalue weighted by molar-refractivity contribution is 7.99. The molecule has 1 aromatic heterocycles. The largest absolute Gasteiger partial charge is 0.494 e. The molecular weight excluding hydrogens is 306 g/mol. The Hall–Kier alpha value is -0.770. The fraction of sp³-hybridized carbons (Fsp3) is 0.789. The van der Waals surface area contributed by atoms with Crippen molar-refractivity contribution in [1.82, 2.24) is 4.57 Å². The van der Waals surface area contributed by atoms with Crippen molar-refractivity contribution in [1.29, 1.82) is 0 Å². The van der Waals surface area contributed by atoms with Crippen LogP contribution in [0.15, 0.2) is 12.1 Å². The van der Waals surface area contributed by atoms with Crippen molar-refractivity contribution in [2.24, 2.45) is 0 Å². The summed E-state index contributed by atoms with van der Waals surface area (Å²) >= 11 is 2.05. The van der Waals surface area contributed by atoms with Crippen LogP contribution < -0.4 is 0 Å². The Morgan fingerprint density at radius 1 is 0.913 bits per heavy atom. The zero-order valence-electron chi connectivity index (χ0n) is 15.0. The third-order valence-electron chi connectivity index (χ3n) is 4.40. The van der Waals surface area contributed by atoms with Crippen LogP contribution in [0.1, 0.15) is 78.1 Å². The molecule has 0 aliphatic heterocycles. The van der Waals surface area contributed by atoms with E-state index in [2.05, 4.69) is 25.6 Å². The molecule has 0 aromatic carbocycles. The molecule has 1 atom stereocenters. The molecule has 23 heavy (non-hydrogen) atoms. The fourth-order valence-electron chi connectivity index (χ4n) is 2.88. The minimum atomic E-state index is 0.155. The van der Waals surface area contributed by atoms with E-state index in [0.717, 1.165) is 17.4 Å². The number of rotatable bonds is 14. The van der Waals surface area contributed by atoms with E-state index in [9.17, 15) is 10.2 Å². The van der Waals surface area contributed by atoms with Crippen molar-refractivity contribution in [3.8, 4) is 11.8 Å². The standard InChI is InChI=1S/C19H35NO2S/c1-3-5-6-7-8-9-10-12-17(4-2)23-16-11-15-20-18(21)13-14-19(20)22/h13-14,17,21-22H,3-12,15-16H2,1-2H3. The summed E-state index contributed by atoms with van der Waals surface area (Å²) in [6.07, 6.45) is 13.2. The second-order valence-corrected chi connectivity index (χ2v) is 7.77. The smallest absolute Gasteiger partial charge is 0.193 e. The Bertz CT molecular complexity index is 387. The topological polar surface area (TPSA) is 45.4 Å². The monoisotopic (exact) mass is 341 g/mol. The van der Waals surface area contributed by atoms with Crippen LogP contribution >= 0.6 is 11.8 Å². The number of nitrogens with zero attached hydrogens (tertiary/aromatic N) is 1. The molecule has 0 saturated heterocycles. The van der Waals surface area contributed by atoms with Gasteiger partial charge in [-0.2, -0.15) is 11.8 Å². The highest BCUT2D eigenvalue weighted by Crippen LogP contribution is 2.25. The normalized spacial score (nSPS) is 12.6. The van der Waals surface area contributed by atoms with Crippen LogP contribution in [0.2, 0.25) is 0 Å². The maximum absolute atomic E-state index is 9.60. The lowest BCUT2D eigenvalue weighted by atomic mass is 10.1. The molecule has 134 valence electrons. The van der Waals surface area contributed by atoms with Gasteiger partial charge in [0.25, 0.3) is 0 Å². The van der Waals surface area contributed by atoms with Crippen molar-refractivity contribution in [2.75, 3.05) is 5.75 Å². The summed E-state index contributed by atoms with van der Waals surface area (Å²) in [7, 11) is 0. The van der Waals surface area contributed by atoms with Gasteiger partial charge in [0.05, 0.1) is 0 Å². The predicted octanol–water partition coefficient (Wildman–Crippen LogP) is 5.94. The molecule has 0 radical (unpaired) electrons. The number of aromatic nitrogens is 1. The first kappa shape index (κ1) is 20.3. The minimum absolute atomic E-state index is 0.155. The van der Waals surface area contributed by atoms with Gasteiger partial charge in [-0.1, -0.05) is 58.8 Å². The lowest BCUT2D eigenvalue weighted by Crippen LogP contribution is -2.04. The number of unbranched alkanes of at least 4 members (excludes halogenated alkanes) is 6.